The Hall–Kier alpha value is -2.70. The number of carbonyl (C=O) groups is 2. The van der Waals surface area contributed by atoms with Gasteiger partial charge in [0.25, 0.3) is 0 Å². The first-order valence-corrected chi connectivity index (χ1v) is 6.26. The Morgan fingerprint density at radius 3 is 2.48 bits per heavy atom. The van der Waals surface area contributed by atoms with Crippen LogP contribution < -0.4 is 5.32 Å². The molecule has 7 heteroatoms. The van der Waals surface area contributed by atoms with Gasteiger partial charge in [-0.3, -0.25) is 5.32 Å². The molecule has 0 atom stereocenters. The summed E-state index contributed by atoms with van der Waals surface area (Å²) in [6.45, 7) is 5.16. The summed E-state index contributed by atoms with van der Waals surface area (Å²) in [7, 11) is 0. The number of anilines is 1. The summed E-state index contributed by atoms with van der Waals surface area (Å²) in [4.78, 5) is 30.9. The zero-order chi connectivity index (χ0) is 15.6. The Kier molecular flexibility index (Phi) is 3.75. The number of hydrogen-bond acceptors (Lipinski definition) is 5. The number of rotatable bonds is 2. The molecular weight excluding hydrogens is 274 g/mol. The van der Waals surface area contributed by atoms with Gasteiger partial charge in [-0.2, -0.15) is 0 Å². The minimum absolute atomic E-state index is 0.111. The predicted octanol–water partition coefficient (Wildman–Crippen LogP) is 2.68. The number of nitrogens with one attached hydrogen (secondary N) is 1. The molecule has 0 aliphatic rings. The van der Waals surface area contributed by atoms with Gasteiger partial charge < -0.3 is 9.84 Å². The highest BCUT2D eigenvalue weighted by molar-refractivity contribution is 6.01. The Balaban J connectivity index is 2.37. The fraction of sp³-hybridized carbons (Fsp3) is 0.286. The number of nitrogens with zero attached hydrogens (tertiary/aromatic N) is 2. The number of hydrogen-bond donors (Lipinski definition) is 2. The first-order valence-electron chi connectivity index (χ1n) is 6.26. The van der Waals surface area contributed by atoms with E-state index in [0.717, 1.165) is 0 Å². The number of aromatic carboxylic acids is 1. The minimum atomic E-state index is -1.19. The van der Waals surface area contributed by atoms with Crippen LogP contribution >= 0.6 is 0 Å². The first-order chi connectivity index (χ1) is 9.76. The second-order valence-corrected chi connectivity index (χ2v) is 5.35. The van der Waals surface area contributed by atoms with E-state index in [1.54, 1.807) is 45.0 Å². The summed E-state index contributed by atoms with van der Waals surface area (Å²) in [5.41, 5.74) is -0.418. The van der Waals surface area contributed by atoms with E-state index in [-0.39, 0.29) is 11.6 Å². The molecule has 1 aromatic heterocycles. The Labute approximate surface area is 121 Å². The number of para-hydroxylation sites is 1. The number of aromatic nitrogens is 2. The Morgan fingerprint density at radius 2 is 1.86 bits per heavy atom. The van der Waals surface area contributed by atoms with Crippen LogP contribution in [-0.4, -0.2) is 32.7 Å². The van der Waals surface area contributed by atoms with Gasteiger partial charge in [-0.25, -0.2) is 19.6 Å². The Bertz CT molecular complexity index is 707. The van der Waals surface area contributed by atoms with Crippen molar-refractivity contribution in [1.29, 1.82) is 0 Å². The standard InChI is InChI=1S/C14H15N3O4/c1-14(2,3)21-13(20)17-12-15-9-7-5-4-6-8(9)10(16-12)11(18)19/h4-7H,1-3H3,(H,18,19)(H,15,16,17,20). The van der Waals surface area contributed by atoms with E-state index >= 15 is 0 Å². The summed E-state index contributed by atoms with van der Waals surface area (Å²) >= 11 is 0. The minimum Gasteiger partial charge on any atom is -0.476 e. The van der Waals surface area contributed by atoms with Gasteiger partial charge in [0.15, 0.2) is 5.69 Å². The molecule has 0 fully saturated rings. The molecule has 1 amide bonds. The molecule has 0 saturated carbocycles. The van der Waals surface area contributed by atoms with E-state index in [1.807, 2.05) is 0 Å². The summed E-state index contributed by atoms with van der Waals surface area (Å²) in [5.74, 6) is -1.30. The number of carboxylic acids is 1. The summed E-state index contributed by atoms with van der Waals surface area (Å²) in [6, 6.07) is 6.66. The monoisotopic (exact) mass is 289 g/mol. The number of carboxylic acid groups (broad SMARTS) is 1. The normalized spacial score (nSPS) is 11.2. The average molecular weight is 289 g/mol. The SMILES string of the molecule is CC(C)(C)OC(=O)Nc1nc(C(=O)O)c2ccccc2n1. The maximum atomic E-state index is 11.7. The highest BCUT2D eigenvalue weighted by Crippen LogP contribution is 2.18. The van der Waals surface area contributed by atoms with Gasteiger partial charge in [0.2, 0.25) is 5.95 Å². The van der Waals surface area contributed by atoms with E-state index in [2.05, 4.69) is 15.3 Å². The number of benzene rings is 1. The van der Waals surface area contributed by atoms with Crippen molar-refractivity contribution in [2.75, 3.05) is 5.32 Å². The van der Waals surface area contributed by atoms with Gasteiger partial charge in [-0.05, 0) is 26.8 Å². The molecule has 0 radical (unpaired) electrons. The lowest BCUT2D eigenvalue weighted by Gasteiger charge is -2.19. The molecule has 2 rings (SSSR count). The number of ether oxygens (including phenoxy) is 1. The van der Waals surface area contributed by atoms with Crippen LogP contribution in [0.2, 0.25) is 0 Å². The lowest BCUT2D eigenvalue weighted by Crippen LogP contribution is -2.28. The summed E-state index contributed by atoms with van der Waals surface area (Å²) < 4.78 is 5.08. The van der Waals surface area contributed by atoms with Crippen LogP contribution in [0.15, 0.2) is 24.3 Å². The van der Waals surface area contributed by atoms with Crippen LogP contribution in [0.1, 0.15) is 31.3 Å². The second-order valence-electron chi connectivity index (χ2n) is 5.35. The third-order valence-electron chi connectivity index (χ3n) is 2.42. The third kappa shape index (κ3) is 3.65. The maximum Gasteiger partial charge on any atom is 0.414 e. The van der Waals surface area contributed by atoms with Crippen molar-refractivity contribution in [1.82, 2.24) is 9.97 Å². The van der Waals surface area contributed by atoms with E-state index in [9.17, 15) is 14.7 Å². The van der Waals surface area contributed by atoms with Crippen LogP contribution in [0.25, 0.3) is 10.9 Å². The smallest absolute Gasteiger partial charge is 0.414 e. The van der Waals surface area contributed by atoms with Gasteiger partial charge >= 0.3 is 12.1 Å². The average Bonchev–Trinajstić information content (AvgIpc) is 2.35. The molecule has 0 aliphatic carbocycles. The molecule has 110 valence electrons. The largest absolute Gasteiger partial charge is 0.476 e. The van der Waals surface area contributed by atoms with Crippen molar-refractivity contribution < 1.29 is 19.4 Å². The third-order valence-corrected chi connectivity index (χ3v) is 2.42. The number of fused-ring (bicyclic) bond motifs is 1. The molecule has 1 aromatic carbocycles. The van der Waals surface area contributed by atoms with Crippen molar-refractivity contribution in [2.24, 2.45) is 0 Å². The molecular formula is C14H15N3O4. The quantitative estimate of drug-likeness (QED) is 0.881. The lowest BCUT2D eigenvalue weighted by molar-refractivity contribution is 0.0630. The topological polar surface area (TPSA) is 101 Å². The molecule has 0 unspecified atom stereocenters. The van der Waals surface area contributed by atoms with Gasteiger partial charge in [-0.15, -0.1) is 0 Å². The highest BCUT2D eigenvalue weighted by Gasteiger charge is 2.19. The van der Waals surface area contributed by atoms with Crippen LogP contribution in [0, 0.1) is 0 Å². The molecule has 1 heterocycles. The molecule has 0 saturated heterocycles. The van der Waals surface area contributed by atoms with Crippen molar-refractivity contribution >= 4 is 28.9 Å². The molecule has 21 heavy (non-hydrogen) atoms. The van der Waals surface area contributed by atoms with E-state index in [1.165, 1.54) is 0 Å². The van der Waals surface area contributed by atoms with Crippen molar-refractivity contribution in [3.63, 3.8) is 0 Å². The molecule has 7 nitrogen and oxygen atoms in total. The summed E-state index contributed by atoms with van der Waals surface area (Å²) in [5, 5.41) is 11.9. The Morgan fingerprint density at radius 1 is 1.19 bits per heavy atom. The van der Waals surface area contributed by atoms with Crippen LogP contribution in [0.4, 0.5) is 10.7 Å². The van der Waals surface area contributed by atoms with E-state index < -0.39 is 17.7 Å². The van der Waals surface area contributed by atoms with Gasteiger partial charge in [0.05, 0.1) is 5.52 Å². The number of amides is 1. The molecule has 2 aromatic rings. The van der Waals surface area contributed by atoms with Crippen molar-refractivity contribution in [3.8, 4) is 0 Å². The van der Waals surface area contributed by atoms with Gasteiger partial charge in [-0.1, -0.05) is 18.2 Å². The lowest BCUT2D eigenvalue weighted by atomic mass is 10.2. The number of carbonyl (C=O) groups excluding carboxylic acids is 1. The van der Waals surface area contributed by atoms with Crippen molar-refractivity contribution in [3.05, 3.63) is 30.0 Å². The van der Waals surface area contributed by atoms with E-state index in [0.29, 0.717) is 10.9 Å². The highest BCUT2D eigenvalue weighted by atomic mass is 16.6. The zero-order valence-corrected chi connectivity index (χ0v) is 11.9. The van der Waals surface area contributed by atoms with Gasteiger partial charge in [0.1, 0.15) is 5.60 Å². The fourth-order valence-corrected chi connectivity index (χ4v) is 1.69. The predicted molar refractivity (Wildman–Crippen MR) is 76.4 cm³/mol. The molecule has 0 aliphatic heterocycles. The first kappa shape index (κ1) is 14.7. The molecule has 0 spiro atoms. The van der Waals surface area contributed by atoms with E-state index in [4.69, 9.17) is 4.74 Å². The molecule has 0 bridgehead atoms. The molecule has 2 N–H and O–H groups in total. The fourth-order valence-electron chi connectivity index (χ4n) is 1.69. The van der Waals surface area contributed by atoms with Crippen LogP contribution in [0.3, 0.4) is 0 Å². The maximum absolute atomic E-state index is 11.7. The van der Waals surface area contributed by atoms with Gasteiger partial charge in [0, 0.05) is 5.39 Å². The van der Waals surface area contributed by atoms with Crippen LogP contribution in [0.5, 0.6) is 0 Å². The zero-order valence-electron chi connectivity index (χ0n) is 11.9. The van der Waals surface area contributed by atoms with Crippen LogP contribution in [-0.2, 0) is 4.74 Å². The second kappa shape index (κ2) is 5.35. The summed E-state index contributed by atoms with van der Waals surface area (Å²) in [6.07, 6.45) is -0.742. The van der Waals surface area contributed by atoms with Crippen molar-refractivity contribution in [2.45, 2.75) is 26.4 Å².